The summed E-state index contributed by atoms with van der Waals surface area (Å²) in [5, 5.41) is 17.0. The number of carboxylic acids is 1. The number of benzene rings is 1. The maximum Gasteiger partial charge on any atom is 0.490 e. The number of nitrogens with one attached hydrogen (secondary N) is 2. The molecule has 0 radical (unpaired) electrons. The molecule has 2 aromatic rings. The molecule has 3 N–H and O–H groups in total. The number of carbonyl (C=O) groups is 3. The van der Waals surface area contributed by atoms with E-state index in [2.05, 4.69) is 20.8 Å². The molecule has 3 heterocycles. The second-order valence-corrected chi connectivity index (χ2v) is 8.66. The number of carboxylic acid groups (broad SMARTS) is 1. The van der Waals surface area contributed by atoms with Crippen molar-refractivity contribution in [2.24, 2.45) is 5.16 Å². The molecule has 0 saturated carbocycles. The molecule has 4 rings (SSSR count). The van der Waals surface area contributed by atoms with Crippen molar-refractivity contribution in [2.75, 3.05) is 18.4 Å². The summed E-state index contributed by atoms with van der Waals surface area (Å²) in [6, 6.07) is 11.2. The highest BCUT2D eigenvalue weighted by molar-refractivity contribution is 6.39. The SMILES string of the molecule is Cc1cccc(NC(=O)N2CCCC3(CC(C(=O)NCc4cccnc4)=NO3)C2)c1.O=C(O)C(F)(F)F. The number of aliphatic carboxylic acids is 1. The van der Waals surface area contributed by atoms with E-state index in [9.17, 15) is 22.8 Å². The second kappa shape index (κ2) is 11.7. The number of oxime groups is 1. The lowest BCUT2D eigenvalue weighted by Crippen LogP contribution is -2.52. The number of pyridine rings is 1. The zero-order valence-electron chi connectivity index (χ0n) is 19.9. The Morgan fingerprint density at radius 3 is 2.62 bits per heavy atom. The first-order valence-corrected chi connectivity index (χ1v) is 11.3. The fourth-order valence-corrected chi connectivity index (χ4v) is 3.85. The third kappa shape index (κ3) is 7.92. The summed E-state index contributed by atoms with van der Waals surface area (Å²) < 4.78 is 31.7. The number of piperidine rings is 1. The lowest BCUT2D eigenvalue weighted by atomic mass is 9.88. The first kappa shape index (κ1) is 27.4. The van der Waals surface area contributed by atoms with Crippen LogP contribution in [0.25, 0.3) is 0 Å². The number of nitrogens with zero attached hydrogens (tertiary/aromatic N) is 3. The van der Waals surface area contributed by atoms with Crippen LogP contribution in [0.3, 0.4) is 0 Å². The quantitative estimate of drug-likeness (QED) is 0.564. The van der Waals surface area contributed by atoms with Crippen LogP contribution in [0.1, 0.15) is 30.4 Å². The average molecular weight is 521 g/mol. The molecule has 2 aliphatic heterocycles. The molecule has 3 amide bonds. The monoisotopic (exact) mass is 521 g/mol. The number of aromatic nitrogens is 1. The molecule has 37 heavy (non-hydrogen) atoms. The summed E-state index contributed by atoms with van der Waals surface area (Å²) in [6.07, 6.45) is 0.250. The number of aryl methyl sites for hydroxylation is 1. The number of likely N-dealkylation sites (tertiary alicyclic amines) is 1. The van der Waals surface area contributed by atoms with Crippen LogP contribution in [-0.4, -0.2) is 63.5 Å². The van der Waals surface area contributed by atoms with Gasteiger partial charge in [0.05, 0.1) is 6.54 Å². The number of anilines is 1. The van der Waals surface area contributed by atoms with E-state index in [1.165, 1.54) is 0 Å². The minimum Gasteiger partial charge on any atom is -0.475 e. The van der Waals surface area contributed by atoms with E-state index in [-0.39, 0.29) is 11.9 Å². The molecule has 1 aromatic carbocycles. The Labute approximate surface area is 210 Å². The predicted octanol–water partition coefficient (Wildman–Crippen LogP) is 3.48. The molecule has 2 aliphatic rings. The largest absolute Gasteiger partial charge is 0.490 e. The summed E-state index contributed by atoms with van der Waals surface area (Å²) in [6.45, 7) is 3.40. The Balaban J connectivity index is 0.000000479. The molecule has 198 valence electrons. The van der Waals surface area contributed by atoms with Gasteiger partial charge in [-0.3, -0.25) is 9.78 Å². The second-order valence-electron chi connectivity index (χ2n) is 8.66. The average Bonchev–Trinajstić information content (AvgIpc) is 3.26. The highest BCUT2D eigenvalue weighted by Gasteiger charge is 2.45. The van der Waals surface area contributed by atoms with Gasteiger partial charge in [-0.1, -0.05) is 23.4 Å². The van der Waals surface area contributed by atoms with E-state index >= 15 is 0 Å². The van der Waals surface area contributed by atoms with Crippen molar-refractivity contribution < 1.29 is 37.5 Å². The molecule has 1 unspecified atom stereocenters. The van der Waals surface area contributed by atoms with Gasteiger partial charge in [-0.2, -0.15) is 13.2 Å². The number of alkyl halides is 3. The standard InChI is InChI=1S/C22H25N5O3.C2HF3O2/c1-16-5-2-7-18(11-16)25-21(29)27-10-4-8-22(15-27)12-19(26-30-22)20(28)24-14-17-6-3-9-23-13-17;3-2(4,5)1(6)7/h2-3,5-7,9,11,13H,4,8,10,12,14-15H2,1H3,(H,24,28)(H,25,29);(H,6,7). The van der Waals surface area contributed by atoms with Crippen molar-refractivity contribution in [1.29, 1.82) is 0 Å². The number of carbonyl (C=O) groups excluding carboxylic acids is 2. The van der Waals surface area contributed by atoms with Gasteiger partial charge < -0.3 is 25.5 Å². The van der Waals surface area contributed by atoms with Gasteiger partial charge >= 0.3 is 18.2 Å². The topological polar surface area (TPSA) is 133 Å². The van der Waals surface area contributed by atoms with Crippen molar-refractivity contribution >= 4 is 29.3 Å². The summed E-state index contributed by atoms with van der Waals surface area (Å²) in [7, 11) is 0. The lowest BCUT2D eigenvalue weighted by molar-refractivity contribution is -0.192. The number of rotatable bonds is 4. The number of urea groups is 1. The van der Waals surface area contributed by atoms with Gasteiger partial charge in [0.2, 0.25) is 0 Å². The van der Waals surface area contributed by atoms with Crippen LogP contribution < -0.4 is 10.6 Å². The smallest absolute Gasteiger partial charge is 0.475 e. The Kier molecular flexibility index (Phi) is 8.69. The summed E-state index contributed by atoms with van der Waals surface area (Å²) in [5.74, 6) is -3.01. The molecule has 13 heteroatoms. The molecule has 1 saturated heterocycles. The molecule has 1 fully saturated rings. The molecule has 1 spiro atoms. The van der Waals surface area contributed by atoms with Crippen LogP contribution in [0, 0.1) is 6.92 Å². The van der Waals surface area contributed by atoms with Gasteiger partial charge in [-0.25, -0.2) is 9.59 Å². The van der Waals surface area contributed by atoms with Gasteiger partial charge in [0.25, 0.3) is 5.91 Å². The third-order valence-electron chi connectivity index (χ3n) is 5.62. The number of hydrogen-bond donors (Lipinski definition) is 3. The zero-order chi connectivity index (χ0) is 27.1. The van der Waals surface area contributed by atoms with Crippen molar-refractivity contribution in [3.8, 4) is 0 Å². The lowest BCUT2D eigenvalue weighted by Gasteiger charge is -2.38. The molecule has 0 bridgehead atoms. The summed E-state index contributed by atoms with van der Waals surface area (Å²) in [5.41, 5.74) is 2.48. The molecular formula is C24H26F3N5O5. The molecule has 1 atom stereocenters. The van der Waals surface area contributed by atoms with Crippen LogP contribution in [0.2, 0.25) is 0 Å². The van der Waals surface area contributed by atoms with Gasteiger partial charge in [0.1, 0.15) is 5.71 Å². The van der Waals surface area contributed by atoms with Crippen molar-refractivity contribution in [3.05, 3.63) is 59.9 Å². The van der Waals surface area contributed by atoms with Crippen LogP contribution in [0.5, 0.6) is 0 Å². The summed E-state index contributed by atoms with van der Waals surface area (Å²) >= 11 is 0. The normalized spacial score (nSPS) is 18.7. The maximum absolute atomic E-state index is 12.7. The van der Waals surface area contributed by atoms with Crippen molar-refractivity contribution in [1.82, 2.24) is 15.2 Å². The Bertz CT molecular complexity index is 1160. The maximum atomic E-state index is 12.7. The fourth-order valence-electron chi connectivity index (χ4n) is 3.85. The fraction of sp³-hybridized carbons (Fsp3) is 0.375. The van der Waals surface area contributed by atoms with E-state index in [0.29, 0.717) is 31.8 Å². The Hall–Kier alpha value is -4.16. The minimum atomic E-state index is -5.08. The predicted molar refractivity (Wildman–Crippen MR) is 127 cm³/mol. The van der Waals surface area contributed by atoms with E-state index in [4.69, 9.17) is 14.7 Å². The van der Waals surface area contributed by atoms with Crippen molar-refractivity contribution in [2.45, 2.75) is 44.5 Å². The Morgan fingerprint density at radius 2 is 1.97 bits per heavy atom. The van der Waals surface area contributed by atoms with Gasteiger partial charge in [0.15, 0.2) is 5.60 Å². The minimum absolute atomic E-state index is 0.169. The van der Waals surface area contributed by atoms with Crippen LogP contribution in [-0.2, 0) is 21.0 Å². The van der Waals surface area contributed by atoms with E-state index in [0.717, 1.165) is 29.7 Å². The first-order valence-electron chi connectivity index (χ1n) is 11.3. The highest BCUT2D eigenvalue weighted by atomic mass is 19.4. The summed E-state index contributed by atoms with van der Waals surface area (Å²) in [4.78, 5) is 45.6. The van der Waals surface area contributed by atoms with E-state index in [1.54, 1.807) is 17.3 Å². The number of hydrogen-bond acceptors (Lipinski definition) is 6. The molecule has 10 nitrogen and oxygen atoms in total. The molecule has 0 aliphatic carbocycles. The van der Waals surface area contributed by atoms with Gasteiger partial charge in [-0.15, -0.1) is 0 Å². The Morgan fingerprint density at radius 1 is 1.22 bits per heavy atom. The number of halogens is 3. The first-order chi connectivity index (χ1) is 17.5. The van der Waals surface area contributed by atoms with Crippen molar-refractivity contribution in [3.63, 3.8) is 0 Å². The van der Waals surface area contributed by atoms with Crippen LogP contribution in [0.4, 0.5) is 23.7 Å². The van der Waals surface area contributed by atoms with Gasteiger partial charge in [-0.05, 0) is 49.1 Å². The highest BCUT2D eigenvalue weighted by Crippen LogP contribution is 2.33. The zero-order valence-corrected chi connectivity index (χ0v) is 19.9. The third-order valence-corrected chi connectivity index (χ3v) is 5.62. The van der Waals surface area contributed by atoms with Crippen LogP contribution in [0.15, 0.2) is 53.9 Å². The number of amides is 3. The van der Waals surface area contributed by atoms with E-state index < -0.39 is 17.7 Å². The van der Waals surface area contributed by atoms with Gasteiger partial charge in [0, 0.05) is 37.6 Å². The van der Waals surface area contributed by atoms with Crippen LogP contribution >= 0.6 is 0 Å². The molecule has 1 aromatic heterocycles. The van der Waals surface area contributed by atoms with E-state index in [1.807, 2.05) is 43.3 Å². The molecular weight excluding hydrogens is 495 g/mol.